The molecule has 3 aromatic rings. The maximum absolute atomic E-state index is 12.5. The van der Waals surface area contributed by atoms with E-state index in [0.29, 0.717) is 0 Å². The molecule has 0 saturated heterocycles. The van der Waals surface area contributed by atoms with E-state index in [9.17, 15) is 9.59 Å². The number of amides is 1. The van der Waals surface area contributed by atoms with Gasteiger partial charge >= 0.3 is 0 Å². The summed E-state index contributed by atoms with van der Waals surface area (Å²) in [6, 6.07) is 17.2. The Kier molecular flexibility index (Phi) is 4.70. The van der Waals surface area contributed by atoms with Crippen molar-refractivity contribution in [1.29, 1.82) is 0 Å². The van der Waals surface area contributed by atoms with E-state index < -0.39 is 0 Å². The third-order valence-electron chi connectivity index (χ3n) is 4.52. The van der Waals surface area contributed by atoms with E-state index >= 15 is 0 Å². The number of hydrogen-bond donors (Lipinski definition) is 1. The van der Waals surface area contributed by atoms with Crippen LogP contribution >= 0.6 is 0 Å². The van der Waals surface area contributed by atoms with Crippen molar-refractivity contribution in [3.63, 3.8) is 0 Å². The Labute approximate surface area is 147 Å². The highest BCUT2D eigenvalue weighted by atomic mass is 16.2. The van der Waals surface area contributed by atoms with E-state index in [1.54, 1.807) is 10.6 Å². The molecule has 25 heavy (non-hydrogen) atoms. The summed E-state index contributed by atoms with van der Waals surface area (Å²) in [5.74, 6) is -0.174. The first-order chi connectivity index (χ1) is 12.0. The van der Waals surface area contributed by atoms with E-state index in [-0.39, 0.29) is 24.1 Å². The number of hydrogen-bond acceptors (Lipinski definition) is 2. The Balaban J connectivity index is 1.90. The number of para-hydroxylation sites is 1. The molecular weight excluding hydrogens is 312 g/mol. The van der Waals surface area contributed by atoms with Gasteiger partial charge in [0.1, 0.15) is 6.54 Å². The molecule has 4 nitrogen and oxygen atoms in total. The first-order valence-corrected chi connectivity index (χ1v) is 8.41. The van der Waals surface area contributed by atoms with Crippen molar-refractivity contribution < 1.29 is 4.79 Å². The lowest BCUT2D eigenvalue weighted by Crippen LogP contribution is -2.34. The molecule has 1 aromatic heterocycles. The van der Waals surface area contributed by atoms with Crippen LogP contribution in [0, 0.1) is 13.8 Å². The van der Waals surface area contributed by atoms with Gasteiger partial charge in [0.05, 0.1) is 11.6 Å². The van der Waals surface area contributed by atoms with Crippen LogP contribution < -0.4 is 10.9 Å². The number of nitrogens with zero attached hydrogens (tertiary/aromatic N) is 1. The molecule has 0 bridgehead atoms. The molecule has 0 fully saturated rings. The predicted octanol–water partition coefficient (Wildman–Crippen LogP) is 3.50. The van der Waals surface area contributed by atoms with Gasteiger partial charge in [0.25, 0.3) is 5.56 Å². The Morgan fingerprint density at radius 1 is 1.04 bits per heavy atom. The molecule has 0 unspecified atom stereocenters. The van der Waals surface area contributed by atoms with Gasteiger partial charge in [-0.1, -0.05) is 48.5 Å². The molecule has 3 rings (SSSR count). The van der Waals surface area contributed by atoms with Gasteiger partial charge in [-0.25, -0.2) is 0 Å². The third-order valence-corrected chi connectivity index (χ3v) is 4.52. The second kappa shape index (κ2) is 6.93. The summed E-state index contributed by atoms with van der Waals surface area (Å²) in [7, 11) is 0. The Morgan fingerprint density at radius 2 is 1.76 bits per heavy atom. The van der Waals surface area contributed by atoms with Crippen molar-refractivity contribution in [3.8, 4) is 0 Å². The summed E-state index contributed by atoms with van der Waals surface area (Å²) >= 11 is 0. The van der Waals surface area contributed by atoms with Gasteiger partial charge < -0.3 is 5.32 Å². The number of fused-ring (bicyclic) bond motifs is 1. The fraction of sp³-hybridized carbons (Fsp3) is 0.238. The van der Waals surface area contributed by atoms with Crippen LogP contribution in [0.5, 0.6) is 0 Å². The first kappa shape index (κ1) is 17.0. The zero-order chi connectivity index (χ0) is 18.0. The fourth-order valence-electron chi connectivity index (χ4n) is 3.20. The summed E-state index contributed by atoms with van der Waals surface area (Å²) in [4.78, 5) is 25.0. The van der Waals surface area contributed by atoms with Crippen LogP contribution in [0.1, 0.15) is 29.7 Å². The van der Waals surface area contributed by atoms with Crippen molar-refractivity contribution in [2.75, 3.05) is 0 Å². The molecule has 1 N–H and O–H groups in total. The van der Waals surface area contributed by atoms with Crippen LogP contribution in [0.4, 0.5) is 0 Å². The maximum atomic E-state index is 12.5. The smallest absolute Gasteiger partial charge is 0.251 e. The van der Waals surface area contributed by atoms with Gasteiger partial charge in [-0.3, -0.25) is 14.2 Å². The molecule has 0 aliphatic rings. The van der Waals surface area contributed by atoms with E-state index in [1.807, 2.05) is 69.3 Å². The second-order valence-electron chi connectivity index (χ2n) is 6.42. The summed E-state index contributed by atoms with van der Waals surface area (Å²) in [5.41, 5.74) is 3.63. The van der Waals surface area contributed by atoms with Gasteiger partial charge in [0.15, 0.2) is 0 Å². The molecule has 1 heterocycles. The van der Waals surface area contributed by atoms with Crippen LogP contribution in [0.3, 0.4) is 0 Å². The van der Waals surface area contributed by atoms with Crippen LogP contribution in [0.2, 0.25) is 0 Å². The number of nitrogens with one attached hydrogen (secondary N) is 1. The zero-order valence-electron chi connectivity index (χ0n) is 14.7. The Morgan fingerprint density at radius 3 is 2.48 bits per heavy atom. The Bertz CT molecular complexity index is 974. The van der Waals surface area contributed by atoms with Crippen LogP contribution in [-0.4, -0.2) is 10.5 Å². The van der Waals surface area contributed by atoms with Crippen molar-refractivity contribution in [1.82, 2.24) is 9.88 Å². The largest absolute Gasteiger partial charge is 0.348 e. The van der Waals surface area contributed by atoms with Crippen molar-refractivity contribution in [2.45, 2.75) is 33.4 Å². The average Bonchev–Trinajstić information content (AvgIpc) is 2.59. The van der Waals surface area contributed by atoms with Crippen molar-refractivity contribution in [3.05, 3.63) is 81.6 Å². The third kappa shape index (κ3) is 3.48. The molecule has 0 aliphatic carbocycles. The van der Waals surface area contributed by atoms with Gasteiger partial charge in [-0.2, -0.15) is 0 Å². The molecular formula is C21H22N2O2. The zero-order valence-corrected chi connectivity index (χ0v) is 14.7. The van der Waals surface area contributed by atoms with Gasteiger partial charge in [0, 0.05) is 11.5 Å². The van der Waals surface area contributed by atoms with Gasteiger partial charge in [-0.15, -0.1) is 0 Å². The topological polar surface area (TPSA) is 51.1 Å². The number of pyridine rings is 1. The van der Waals surface area contributed by atoms with Crippen molar-refractivity contribution in [2.24, 2.45) is 0 Å². The normalized spacial score (nSPS) is 12.1. The number of carbonyl (C=O) groups excluding carboxylic acids is 1. The lowest BCUT2D eigenvalue weighted by molar-refractivity contribution is -0.122. The van der Waals surface area contributed by atoms with Gasteiger partial charge in [-0.05, 0) is 37.5 Å². The minimum atomic E-state index is -0.174. The summed E-state index contributed by atoms with van der Waals surface area (Å²) in [5, 5.41) is 3.98. The summed E-state index contributed by atoms with van der Waals surface area (Å²) in [6.45, 7) is 5.83. The minimum absolute atomic E-state index is 0.0115. The molecule has 0 spiro atoms. The van der Waals surface area contributed by atoms with E-state index in [1.165, 1.54) is 0 Å². The van der Waals surface area contributed by atoms with E-state index in [4.69, 9.17) is 0 Å². The predicted molar refractivity (Wildman–Crippen MR) is 101 cm³/mol. The maximum Gasteiger partial charge on any atom is 0.251 e. The molecule has 128 valence electrons. The number of aromatic nitrogens is 1. The SMILES string of the molecule is Cc1cc(=O)n(CC(=O)N[C@@H](C)c2ccccc2)c2c(C)cccc12. The Hall–Kier alpha value is -2.88. The van der Waals surface area contributed by atoms with E-state index in [2.05, 4.69) is 5.32 Å². The monoisotopic (exact) mass is 334 g/mol. The number of rotatable bonds is 4. The average molecular weight is 334 g/mol. The molecule has 0 saturated carbocycles. The second-order valence-corrected chi connectivity index (χ2v) is 6.42. The van der Waals surface area contributed by atoms with Crippen molar-refractivity contribution >= 4 is 16.8 Å². The lowest BCUT2D eigenvalue weighted by Gasteiger charge is -2.17. The summed E-state index contributed by atoms with van der Waals surface area (Å²) < 4.78 is 1.56. The standard InChI is InChI=1S/C21H22N2O2/c1-14-8-7-11-18-15(2)12-20(25)23(21(14)18)13-19(24)22-16(3)17-9-5-4-6-10-17/h4-12,16H,13H2,1-3H3,(H,22,24)/t16-/m0/s1. The number of aryl methyl sites for hydroxylation is 2. The molecule has 1 atom stereocenters. The molecule has 0 radical (unpaired) electrons. The molecule has 2 aromatic carbocycles. The van der Waals surface area contributed by atoms with Crippen LogP contribution in [0.25, 0.3) is 10.9 Å². The summed E-state index contributed by atoms with van der Waals surface area (Å²) in [6.07, 6.45) is 0. The number of benzene rings is 2. The molecule has 4 heteroatoms. The lowest BCUT2D eigenvalue weighted by atomic mass is 10.1. The highest BCUT2D eigenvalue weighted by Gasteiger charge is 2.14. The highest BCUT2D eigenvalue weighted by Crippen LogP contribution is 2.20. The highest BCUT2D eigenvalue weighted by molar-refractivity contribution is 5.87. The first-order valence-electron chi connectivity index (χ1n) is 8.41. The molecule has 0 aliphatic heterocycles. The molecule has 1 amide bonds. The quantitative estimate of drug-likeness (QED) is 0.794. The van der Waals surface area contributed by atoms with Gasteiger partial charge in [0.2, 0.25) is 5.91 Å². The minimum Gasteiger partial charge on any atom is -0.348 e. The van der Waals surface area contributed by atoms with E-state index in [0.717, 1.165) is 27.6 Å². The van der Waals surface area contributed by atoms with Crippen LogP contribution in [-0.2, 0) is 11.3 Å². The number of carbonyl (C=O) groups is 1. The van der Waals surface area contributed by atoms with Crippen LogP contribution in [0.15, 0.2) is 59.4 Å². The fourth-order valence-corrected chi connectivity index (χ4v) is 3.20.